The fourth-order valence-electron chi connectivity index (χ4n) is 3.68. The number of nitro groups is 1. The number of para-hydroxylation sites is 1. The van der Waals surface area contributed by atoms with E-state index in [-0.39, 0.29) is 23.0 Å². The average Bonchev–Trinajstić information content (AvgIpc) is 3.17. The molecule has 38 heavy (non-hydrogen) atoms. The number of ether oxygens (including phenoxy) is 2. The molecule has 0 spiro atoms. The Hall–Kier alpha value is -5.26. The van der Waals surface area contributed by atoms with Gasteiger partial charge in [0.1, 0.15) is 18.4 Å². The molecule has 1 saturated heterocycles. The van der Waals surface area contributed by atoms with Crippen LogP contribution in [0.1, 0.15) is 18.1 Å². The third kappa shape index (κ3) is 5.75. The van der Waals surface area contributed by atoms with Gasteiger partial charge in [0.2, 0.25) is 11.8 Å². The number of hydrogen-bond donors (Lipinski definition) is 2. The van der Waals surface area contributed by atoms with Gasteiger partial charge in [0.15, 0.2) is 11.5 Å². The molecule has 0 radical (unpaired) electrons. The second-order valence-electron chi connectivity index (χ2n) is 8.06. The average molecular weight is 517 g/mol. The minimum Gasteiger partial charge on any atom is -0.493 e. The summed E-state index contributed by atoms with van der Waals surface area (Å²) in [6.07, 6.45) is 3.23. The van der Waals surface area contributed by atoms with Gasteiger partial charge in [0.25, 0.3) is 11.6 Å². The number of urea groups is 1. The molecule has 4 amide bonds. The molecule has 3 aromatic rings. The van der Waals surface area contributed by atoms with Crippen LogP contribution in [0.25, 0.3) is 6.08 Å². The first kappa shape index (κ1) is 25.8. The van der Waals surface area contributed by atoms with E-state index in [0.717, 1.165) is 16.7 Å². The SMILES string of the molecule is CCc1ccccc1NC(=O)CN1C(=O)N/C(=C/c2ccc(Oc3ccc([N+](=O)[O-])cn3)c(OC)c2)C1=O. The Morgan fingerprint density at radius 2 is 1.95 bits per heavy atom. The number of nitrogens with one attached hydrogen (secondary N) is 2. The van der Waals surface area contributed by atoms with Gasteiger partial charge in [-0.1, -0.05) is 31.2 Å². The first-order valence-electron chi connectivity index (χ1n) is 11.5. The molecule has 1 aromatic heterocycles. The van der Waals surface area contributed by atoms with E-state index in [9.17, 15) is 24.5 Å². The minimum atomic E-state index is -0.712. The highest BCUT2D eigenvalue weighted by Gasteiger charge is 2.35. The molecule has 12 heteroatoms. The molecule has 2 aromatic carbocycles. The predicted octanol–water partition coefficient (Wildman–Crippen LogP) is 3.88. The number of nitrogens with zero attached hydrogens (tertiary/aromatic N) is 3. The van der Waals surface area contributed by atoms with Crippen molar-refractivity contribution in [1.82, 2.24) is 15.2 Å². The Balaban J connectivity index is 1.46. The summed E-state index contributed by atoms with van der Waals surface area (Å²) in [6.45, 7) is 1.51. The molecule has 2 N–H and O–H groups in total. The summed E-state index contributed by atoms with van der Waals surface area (Å²) in [5.74, 6) is -0.457. The number of aryl methyl sites for hydroxylation is 1. The molecule has 4 rings (SSSR count). The smallest absolute Gasteiger partial charge is 0.329 e. The van der Waals surface area contributed by atoms with Gasteiger partial charge in [-0.2, -0.15) is 0 Å². The van der Waals surface area contributed by atoms with E-state index in [0.29, 0.717) is 23.4 Å². The quantitative estimate of drug-likeness (QED) is 0.188. The van der Waals surface area contributed by atoms with Gasteiger partial charge >= 0.3 is 6.03 Å². The fourth-order valence-corrected chi connectivity index (χ4v) is 3.68. The van der Waals surface area contributed by atoms with Crippen LogP contribution in [0.4, 0.5) is 16.2 Å². The van der Waals surface area contributed by atoms with Crippen LogP contribution in [0.5, 0.6) is 17.4 Å². The highest BCUT2D eigenvalue weighted by atomic mass is 16.6. The topological polar surface area (TPSA) is 153 Å². The lowest BCUT2D eigenvalue weighted by molar-refractivity contribution is -0.385. The Bertz CT molecular complexity index is 1440. The monoisotopic (exact) mass is 517 g/mol. The minimum absolute atomic E-state index is 0.00971. The van der Waals surface area contributed by atoms with Crippen molar-refractivity contribution in [1.29, 1.82) is 0 Å². The maximum atomic E-state index is 12.9. The summed E-state index contributed by atoms with van der Waals surface area (Å²) in [4.78, 5) is 52.8. The largest absolute Gasteiger partial charge is 0.493 e. The van der Waals surface area contributed by atoms with E-state index >= 15 is 0 Å². The van der Waals surface area contributed by atoms with Crippen LogP contribution >= 0.6 is 0 Å². The molecule has 0 unspecified atom stereocenters. The normalized spacial score (nSPS) is 13.8. The van der Waals surface area contributed by atoms with Crippen molar-refractivity contribution in [3.63, 3.8) is 0 Å². The van der Waals surface area contributed by atoms with Crippen LogP contribution in [0.15, 0.2) is 66.5 Å². The summed E-state index contributed by atoms with van der Waals surface area (Å²) < 4.78 is 11.0. The van der Waals surface area contributed by atoms with Gasteiger partial charge < -0.3 is 20.1 Å². The van der Waals surface area contributed by atoms with E-state index in [2.05, 4.69) is 15.6 Å². The van der Waals surface area contributed by atoms with E-state index in [1.165, 1.54) is 25.3 Å². The molecular weight excluding hydrogens is 494 g/mol. The molecule has 0 aliphatic carbocycles. The van der Waals surface area contributed by atoms with Crippen LogP contribution in [0.3, 0.4) is 0 Å². The Kier molecular flexibility index (Phi) is 7.61. The number of aromatic nitrogens is 1. The molecule has 2 heterocycles. The Morgan fingerprint density at radius 1 is 1.16 bits per heavy atom. The Labute approximate surface area is 217 Å². The van der Waals surface area contributed by atoms with Gasteiger partial charge in [-0.3, -0.25) is 19.7 Å². The highest BCUT2D eigenvalue weighted by molar-refractivity contribution is 6.16. The standard InChI is InChI=1S/C26H23N5O7/c1-3-17-6-4-5-7-19(17)28-23(32)15-30-25(33)20(29-26(30)34)12-16-8-10-21(22(13-16)37-2)38-24-11-9-18(14-27-24)31(35)36/h4-14H,3,15H2,1-2H3,(H,28,32)(H,29,34)/b20-12+. The van der Waals surface area contributed by atoms with E-state index in [1.54, 1.807) is 30.3 Å². The lowest BCUT2D eigenvalue weighted by atomic mass is 10.1. The summed E-state index contributed by atoms with van der Waals surface area (Å²) in [7, 11) is 1.42. The fraction of sp³-hybridized carbons (Fsp3) is 0.154. The third-order valence-corrected chi connectivity index (χ3v) is 5.58. The maximum absolute atomic E-state index is 12.9. The van der Waals surface area contributed by atoms with Gasteiger partial charge in [0.05, 0.1) is 12.0 Å². The molecule has 0 saturated carbocycles. The van der Waals surface area contributed by atoms with Crippen molar-refractivity contribution in [2.75, 3.05) is 19.0 Å². The molecule has 12 nitrogen and oxygen atoms in total. The number of carbonyl (C=O) groups is 3. The van der Waals surface area contributed by atoms with Crippen LogP contribution in [-0.4, -0.2) is 46.3 Å². The zero-order chi connectivity index (χ0) is 27.2. The number of rotatable bonds is 9. The van der Waals surface area contributed by atoms with Crippen molar-refractivity contribution in [2.45, 2.75) is 13.3 Å². The number of amides is 4. The van der Waals surface area contributed by atoms with Crippen molar-refractivity contribution >= 4 is 35.3 Å². The third-order valence-electron chi connectivity index (χ3n) is 5.58. The first-order chi connectivity index (χ1) is 18.3. The summed E-state index contributed by atoms with van der Waals surface area (Å²) >= 11 is 0. The van der Waals surface area contributed by atoms with Gasteiger partial charge in [0, 0.05) is 17.8 Å². The zero-order valence-corrected chi connectivity index (χ0v) is 20.5. The molecule has 194 valence electrons. The van der Waals surface area contributed by atoms with Crippen LogP contribution in [0, 0.1) is 10.1 Å². The summed E-state index contributed by atoms with van der Waals surface area (Å²) in [5, 5.41) is 16.0. The maximum Gasteiger partial charge on any atom is 0.329 e. The number of carbonyl (C=O) groups excluding carboxylic acids is 3. The Morgan fingerprint density at radius 3 is 2.63 bits per heavy atom. The summed E-state index contributed by atoms with van der Waals surface area (Å²) in [5.41, 5.74) is 1.89. The van der Waals surface area contributed by atoms with Gasteiger partial charge in [-0.05, 0) is 41.8 Å². The van der Waals surface area contributed by atoms with Gasteiger partial charge in [-0.15, -0.1) is 0 Å². The van der Waals surface area contributed by atoms with Crippen molar-refractivity contribution < 1.29 is 28.8 Å². The highest BCUT2D eigenvalue weighted by Crippen LogP contribution is 2.33. The lowest BCUT2D eigenvalue weighted by Crippen LogP contribution is -2.38. The lowest BCUT2D eigenvalue weighted by Gasteiger charge is -2.13. The first-order valence-corrected chi connectivity index (χ1v) is 11.5. The van der Waals surface area contributed by atoms with Crippen LogP contribution in [0.2, 0.25) is 0 Å². The molecule has 0 atom stereocenters. The van der Waals surface area contributed by atoms with E-state index < -0.39 is 29.3 Å². The zero-order valence-electron chi connectivity index (χ0n) is 20.5. The predicted molar refractivity (Wildman–Crippen MR) is 137 cm³/mol. The van der Waals surface area contributed by atoms with Crippen molar-refractivity contribution in [3.8, 4) is 17.4 Å². The molecule has 1 aliphatic heterocycles. The van der Waals surface area contributed by atoms with Gasteiger partial charge in [-0.25, -0.2) is 14.7 Å². The van der Waals surface area contributed by atoms with Crippen LogP contribution in [-0.2, 0) is 16.0 Å². The number of benzene rings is 2. The second-order valence-corrected chi connectivity index (χ2v) is 8.06. The second kappa shape index (κ2) is 11.2. The molecule has 1 fully saturated rings. The van der Waals surface area contributed by atoms with E-state index in [4.69, 9.17) is 9.47 Å². The van der Waals surface area contributed by atoms with Crippen molar-refractivity contribution in [3.05, 3.63) is 87.7 Å². The van der Waals surface area contributed by atoms with Crippen LogP contribution < -0.4 is 20.1 Å². The summed E-state index contributed by atoms with van der Waals surface area (Å²) in [6, 6.07) is 13.9. The number of anilines is 1. The number of hydrogen-bond acceptors (Lipinski definition) is 8. The molecule has 1 aliphatic rings. The van der Waals surface area contributed by atoms with E-state index in [1.807, 2.05) is 19.1 Å². The number of methoxy groups -OCH3 is 1. The molecule has 0 bridgehead atoms. The number of imide groups is 1. The number of pyridine rings is 1. The molecular formula is C26H23N5O7. The van der Waals surface area contributed by atoms with Crippen molar-refractivity contribution in [2.24, 2.45) is 0 Å².